The summed E-state index contributed by atoms with van der Waals surface area (Å²) in [6.07, 6.45) is 1.32. The number of thiophene rings is 1. The Hall–Kier alpha value is -1.37. The van der Waals surface area contributed by atoms with Crippen molar-refractivity contribution >= 4 is 33.2 Å². The molecule has 1 amide bonds. The maximum absolute atomic E-state index is 12.5. The lowest BCUT2D eigenvalue weighted by atomic mass is 10.1. The number of hydrogen-bond donors (Lipinski definition) is 0. The van der Waals surface area contributed by atoms with Gasteiger partial charge in [0.05, 0.1) is 10.9 Å². The van der Waals surface area contributed by atoms with Gasteiger partial charge in [0.15, 0.2) is 0 Å². The quantitative estimate of drug-likeness (QED) is 0.709. The summed E-state index contributed by atoms with van der Waals surface area (Å²) in [6.45, 7) is 4.51. The van der Waals surface area contributed by atoms with Gasteiger partial charge in [0.2, 0.25) is 5.91 Å². The van der Waals surface area contributed by atoms with E-state index in [1.807, 2.05) is 29.2 Å². The van der Waals surface area contributed by atoms with E-state index in [1.54, 1.807) is 18.4 Å². The zero-order valence-corrected chi connectivity index (χ0v) is 16.8. The molecule has 1 aliphatic heterocycles. The lowest BCUT2D eigenvalue weighted by Crippen LogP contribution is -2.48. The second-order valence-corrected chi connectivity index (χ2v) is 8.76. The molecule has 3 rings (SSSR count). The summed E-state index contributed by atoms with van der Waals surface area (Å²) in [5, 5.41) is 0. The molecule has 0 saturated carbocycles. The number of hydrogen-bond acceptors (Lipinski definition) is 4. The molecule has 0 bridgehead atoms. The van der Waals surface area contributed by atoms with Gasteiger partial charge in [-0.15, -0.1) is 11.3 Å². The minimum atomic E-state index is 0.251. The fourth-order valence-corrected chi connectivity index (χ4v) is 4.58. The number of amides is 1. The lowest BCUT2D eigenvalue weighted by Gasteiger charge is -2.34. The molecule has 0 N–H and O–H groups in total. The first-order valence-electron chi connectivity index (χ1n) is 8.51. The zero-order chi connectivity index (χ0) is 17.6. The molecule has 0 radical (unpaired) electrons. The van der Waals surface area contributed by atoms with Crippen molar-refractivity contribution < 1.29 is 9.53 Å². The summed E-state index contributed by atoms with van der Waals surface area (Å²) in [4.78, 5) is 18.3. The van der Waals surface area contributed by atoms with Crippen LogP contribution < -0.4 is 4.74 Å². The highest BCUT2D eigenvalue weighted by atomic mass is 79.9. The highest BCUT2D eigenvalue weighted by molar-refractivity contribution is 9.11. The molecule has 25 heavy (non-hydrogen) atoms. The van der Waals surface area contributed by atoms with E-state index >= 15 is 0 Å². The van der Waals surface area contributed by atoms with Crippen molar-refractivity contribution in [2.24, 2.45) is 0 Å². The number of nitrogens with zero attached hydrogens (tertiary/aromatic N) is 2. The molecular formula is C19H23BrN2O2S. The van der Waals surface area contributed by atoms with Crippen LogP contribution in [0.1, 0.15) is 16.9 Å². The minimum Gasteiger partial charge on any atom is -0.497 e. The van der Waals surface area contributed by atoms with Crippen LogP contribution in [-0.2, 0) is 17.8 Å². The number of piperazine rings is 1. The van der Waals surface area contributed by atoms with Crippen molar-refractivity contribution in [1.29, 1.82) is 0 Å². The molecule has 134 valence electrons. The topological polar surface area (TPSA) is 32.8 Å². The second kappa shape index (κ2) is 8.83. The average molecular weight is 423 g/mol. The van der Waals surface area contributed by atoms with Gasteiger partial charge >= 0.3 is 0 Å². The molecular weight excluding hydrogens is 400 g/mol. The highest BCUT2D eigenvalue weighted by Crippen LogP contribution is 2.23. The molecule has 6 heteroatoms. The van der Waals surface area contributed by atoms with E-state index in [2.05, 4.69) is 33.0 Å². The van der Waals surface area contributed by atoms with Crippen molar-refractivity contribution in [2.75, 3.05) is 33.3 Å². The van der Waals surface area contributed by atoms with Gasteiger partial charge in [-0.3, -0.25) is 9.69 Å². The van der Waals surface area contributed by atoms with E-state index in [0.29, 0.717) is 6.42 Å². The summed E-state index contributed by atoms with van der Waals surface area (Å²) in [6, 6.07) is 12.2. The standard InChI is InChI=1S/C19H23BrN2O2S/c1-24-16-4-2-3-15(13-16)5-8-19(23)22-11-9-21(10-12-22)14-17-6-7-18(20)25-17/h2-4,6-7,13H,5,8-12,14H2,1H3. The fourth-order valence-electron chi connectivity index (χ4n) is 3.05. The van der Waals surface area contributed by atoms with Crippen molar-refractivity contribution in [3.05, 3.63) is 50.6 Å². The molecule has 1 aromatic carbocycles. The number of rotatable bonds is 6. The Balaban J connectivity index is 1.43. The van der Waals surface area contributed by atoms with Crippen molar-refractivity contribution in [2.45, 2.75) is 19.4 Å². The molecule has 2 heterocycles. The third-order valence-electron chi connectivity index (χ3n) is 4.49. The molecule has 0 spiro atoms. The Morgan fingerprint density at radius 1 is 1.20 bits per heavy atom. The van der Waals surface area contributed by atoms with Crippen LogP contribution in [0.2, 0.25) is 0 Å². The van der Waals surface area contributed by atoms with E-state index in [1.165, 1.54) is 8.66 Å². The number of benzene rings is 1. The highest BCUT2D eigenvalue weighted by Gasteiger charge is 2.21. The molecule has 0 unspecified atom stereocenters. The monoisotopic (exact) mass is 422 g/mol. The van der Waals surface area contributed by atoms with Crippen molar-refractivity contribution in [3.8, 4) is 5.75 Å². The largest absolute Gasteiger partial charge is 0.497 e. The summed E-state index contributed by atoms with van der Waals surface area (Å²) >= 11 is 5.29. The van der Waals surface area contributed by atoms with Gasteiger partial charge in [-0.05, 0) is 52.2 Å². The Kier molecular flexibility index (Phi) is 6.51. The minimum absolute atomic E-state index is 0.251. The third-order valence-corrected chi connectivity index (χ3v) is 6.10. The van der Waals surface area contributed by atoms with Crippen LogP contribution in [0.4, 0.5) is 0 Å². The molecule has 2 aromatic rings. The maximum atomic E-state index is 12.5. The van der Waals surface area contributed by atoms with Crippen molar-refractivity contribution in [1.82, 2.24) is 9.80 Å². The molecule has 1 fully saturated rings. The number of halogens is 1. The Morgan fingerprint density at radius 3 is 2.68 bits per heavy atom. The van der Waals surface area contributed by atoms with Crippen LogP contribution in [0.25, 0.3) is 0 Å². The van der Waals surface area contributed by atoms with Crippen LogP contribution in [0.15, 0.2) is 40.2 Å². The van der Waals surface area contributed by atoms with Gasteiger partial charge in [0.1, 0.15) is 5.75 Å². The fraction of sp³-hybridized carbons (Fsp3) is 0.421. The lowest BCUT2D eigenvalue weighted by molar-refractivity contribution is -0.132. The second-order valence-electron chi connectivity index (χ2n) is 6.21. The Morgan fingerprint density at radius 2 is 2.00 bits per heavy atom. The van der Waals surface area contributed by atoms with E-state index < -0.39 is 0 Å². The molecule has 0 atom stereocenters. The number of methoxy groups -OCH3 is 1. The Labute approximate surface area is 161 Å². The number of carbonyl (C=O) groups is 1. The zero-order valence-electron chi connectivity index (χ0n) is 14.4. The third kappa shape index (κ3) is 5.30. The van der Waals surface area contributed by atoms with Crippen LogP contribution in [0.3, 0.4) is 0 Å². The van der Waals surface area contributed by atoms with Gasteiger partial charge < -0.3 is 9.64 Å². The number of carbonyl (C=O) groups excluding carboxylic acids is 1. The molecule has 1 saturated heterocycles. The van der Waals surface area contributed by atoms with Crippen LogP contribution in [0, 0.1) is 0 Å². The first kappa shape index (κ1) is 18.4. The van der Waals surface area contributed by atoms with Gasteiger partial charge in [-0.25, -0.2) is 0 Å². The number of ether oxygens (including phenoxy) is 1. The summed E-state index contributed by atoms with van der Waals surface area (Å²) in [7, 11) is 1.67. The Bertz CT molecular complexity index is 711. The molecule has 1 aliphatic rings. The van der Waals surface area contributed by atoms with Gasteiger partial charge in [0, 0.05) is 44.0 Å². The van der Waals surface area contributed by atoms with Gasteiger partial charge in [0.25, 0.3) is 0 Å². The first-order valence-corrected chi connectivity index (χ1v) is 10.1. The van der Waals surface area contributed by atoms with E-state index in [-0.39, 0.29) is 5.91 Å². The maximum Gasteiger partial charge on any atom is 0.222 e. The molecule has 4 nitrogen and oxygen atoms in total. The SMILES string of the molecule is COc1cccc(CCC(=O)N2CCN(Cc3ccc(Br)s3)CC2)c1. The van der Waals surface area contributed by atoms with Gasteiger partial charge in [-0.1, -0.05) is 12.1 Å². The average Bonchev–Trinajstić information content (AvgIpc) is 3.05. The van der Waals surface area contributed by atoms with Crippen LogP contribution in [0.5, 0.6) is 5.75 Å². The predicted octanol–water partition coefficient (Wildman–Crippen LogP) is 3.80. The predicted molar refractivity (Wildman–Crippen MR) is 105 cm³/mol. The smallest absolute Gasteiger partial charge is 0.222 e. The number of aryl methyl sites for hydroxylation is 1. The summed E-state index contributed by atoms with van der Waals surface area (Å²) in [5.41, 5.74) is 1.15. The van der Waals surface area contributed by atoms with Crippen LogP contribution >= 0.6 is 27.3 Å². The van der Waals surface area contributed by atoms with E-state index in [9.17, 15) is 4.79 Å². The van der Waals surface area contributed by atoms with Crippen LogP contribution in [-0.4, -0.2) is 49.0 Å². The normalized spacial score (nSPS) is 15.4. The van der Waals surface area contributed by atoms with E-state index in [0.717, 1.165) is 50.5 Å². The first-order chi connectivity index (χ1) is 12.1. The summed E-state index contributed by atoms with van der Waals surface area (Å²) in [5.74, 6) is 1.10. The molecule has 0 aliphatic carbocycles. The van der Waals surface area contributed by atoms with Gasteiger partial charge in [-0.2, -0.15) is 0 Å². The van der Waals surface area contributed by atoms with E-state index in [4.69, 9.17) is 4.74 Å². The summed E-state index contributed by atoms with van der Waals surface area (Å²) < 4.78 is 6.41. The van der Waals surface area contributed by atoms with Crippen molar-refractivity contribution in [3.63, 3.8) is 0 Å². The molecule has 1 aromatic heterocycles.